The molecule has 0 atom stereocenters. The SMILES string of the molecule is CS(=O)(=O)c1ccc(Cc2cnc(Nc3nccs3)c(OCC3CCNCC3)c2)cc1. The molecule has 0 unspecified atom stereocenters. The Morgan fingerprint density at radius 3 is 2.61 bits per heavy atom. The van der Waals surface area contributed by atoms with Gasteiger partial charge in [-0.25, -0.2) is 18.4 Å². The maximum atomic E-state index is 11.7. The van der Waals surface area contributed by atoms with Gasteiger partial charge in [-0.1, -0.05) is 12.1 Å². The first kappa shape index (κ1) is 21.7. The zero-order valence-electron chi connectivity index (χ0n) is 17.4. The number of pyridine rings is 1. The van der Waals surface area contributed by atoms with E-state index in [1.54, 1.807) is 18.3 Å². The molecule has 0 aliphatic carbocycles. The molecule has 1 aliphatic heterocycles. The average molecular weight is 459 g/mol. The minimum atomic E-state index is -3.20. The van der Waals surface area contributed by atoms with Gasteiger partial charge in [0.05, 0.1) is 11.5 Å². The molecular weight excluding hydrogens is 432 g/mol. The molecule has 4 rings (SSSR count). The van der Waals surface area contributed by atoms with E-state index in [0.717, 1.165) is 42.2 Å². The molecule has 0 radical (unpaired) electrons. The third kappa shape index (κ3) is 6.03. The van der Waals surface area contributed by atoms with Crippen LogP contribution in [-0.4, -0.2) is 44.3 Å². The van der Waals surface area contributed by atoms with Crippen LogP contribution in [0.25, 0.3) is 0 Å². The van der Waals surface area contributed by atoms with E-state index in [1.165, 1.54) is 17.6 Å². The number of hydrogen-bond donors (Lipinski definition) is 2. The topological polar surface area (TPSA) is 93.2 Å². The van der Waals surface area contributed by atoms with Crippen LogP contribution in [0.2, 0.25) is 0 Å². The maximum absolute atomic E-state index is 11.7. The molecule has 0 bridgehead atoms. The maximum Gasteiger partial charge on any atom is 0.188 e. The van der Waals surface area contributed by atoms with Gasteiger partial charge in [0, 0.05) is 24.0 Å². The van der Waals surface area contributed by atoms with Crippen molar-refractivity contribution in [1.29, 1.82) is 0 Å². The summed E-state index contributed by atoms with van der Waals surface area (Å²) < 4.78 is 29.6. The Morgan fingerprint density at radius 1 is 1.16 bits per heavy atom. The number of rotatable bonds is 8. The summed E-state index contributed by atoms with van der Waals surface area (Å²) in [6.07, 6.45) is 7.63. The number of sulfone groups is 1. The number of thiazole rings is 1. The zero-order chi connectivity index (χ0) is 21.7. The molecule has 2 N–H and O–H groups in total. The number of benzene rings is 1. The van der Waals surface area contributed by atoms with Crippen molar-refractivity contribution in [2.24, 2.45) is 5.92 Å². The van der Waals surface area contributed by atoms with Crippen molar-refractivity contribution in [3.05, 3.63) is 59.2 Å². The van der Waals surface area contributed by atoms with Gasteiger partial charge in [-0.2, -0.15) is 0 Å². The number of hydrogen-bond acceptors (Lipinski definition) is 8. The van der Waals surface area contributed by atoms with Crippen LogP contribution in [0, 0.1) is 5.92 Å². The van der Waals surface area contributed by atoms with Gasteiger partial charge in [-0.05, 0) is 67.6 Å². The summed E-state index contributed by atoms with van der Waals surface area (Å²) in [4.78, 5) is 9.19. The second kappa shape index (κ2) is 9.76. The smallest absolute Gasteiger partial charge is 0.188 e. The Balaban J connectivity index is 1.52. The Bertz CT molecular complexity index is 1090. The van der Waals surface area contributed by atoms with Crippen molar-refractivity contribution >= 4 is 32.1 Å². The number of nitrogens with zero attached hydrogens (tertiary/aromatic N) is 2. The highest BCUT2D eigenvalue weighted by atomic mass is 32.2. The van der Waals surface area contributed by atoms with Crippen LogP contribution in [0.4, 0.5) is 10.9 Å². The van der Waals surface area contributed by atoms with Crippen LogP contribution in [0.15, 0.2) is 53.0 Å². The first-order valence-corrected chi connectivity index (χ1v) is 13.0. The molecule has 1 saturated heterocycles. The highest BCUT2D eigenvalue weighted by molar-refractivity contribution is 7.90. The summed E-state index contributed by atoms with van der Waals surface area (Å²) in [6.45, 7) is 2.71. The van der Waals surface area contributed by atoms with Crippen molar-refractivity contribution in [3.8, 4) is 5.75 Å². The normalized spacial score (nSPS) is 15.0. The number of anilines is 2. The van der Waals surface area contributed by atoms with Gasteiger partial charge in [-0.3, -0.25) is 0 Å². The molecule has 0 saturated carbocycles. The minimum absolute atomic E-state index is 0.323. The average Bonchev–Trinajstić information content (AvgIpc) is 3.27. The highest BCUT2D eigenvalue weighted by Gasteiger charge is 2.16. The van der Waals surface area contributed by atoms with Crippen molar-refractivity contribution in [1.82, 2.24) is 15.3 Å². The van der Waals surface area contributed by atoms with Crippen LogP contribution in [0.3, 0.4) is 0 Å². The molecule has 31 heavy (non-hydrogen) atoms. The van der Waals surface area contributed by atoms with E-state index in [9.17, 15) is 8.42 Å². The van der Waals surface area contributed by atoms with Crippen LogP contribution in [0.1, 0.15) is 24.0 Å². The van der Waals surface area contributed by atoms with E-state index in [4.69, 9.17) is 4.74 Å². The zero-order valence-corrected chi connectivity index (χ0v) is 19.0. The Hall–Kier alpha value is -2.49. The van der Waals surface area contributed by atoms with Crippen LogP contribution in [-0.2, 0) is 16.3 Å². The fraction of sp³-hybridized carbons (Fsp3) is 0.364. The predicted molar refractivity (Wildman–Crippen MR) is 123 cm³/mol. The van der Waals surface area contributed by atoms with Crippen molar-refractivity contribution in [3.63, 3.8) is 0 Å². The fourth-order valence-electron chi connectivity index (χ4n) is 3.52. The largest absolute Gasteiger partial charge is 0.489 e. The van der Waals surface area contributed by atoms with E-state index in [0.29, 0.717) is 35.4 Å². The second-order valence-corrected chi connectivity index (χ2v) is 10.7. The van der Waals surface area contributed by atoms with Crippen molar-refractivity contribution in [2.75, 3.05) is 31.3 Å². The standard InChI is InChI=1S/C22H26N4O3S2/c1-31(27,28)19-4-2-16(3-5-19)12-18-13-20(29-15-17-6-8-23-9-7-17)21(25-14-18)26-22-24-10-11-30-22/h2-5,10-11,13-14,17,23H,6-9,12,15H2,1H3,(H,24,25,26). The number of piperidine rings is 1. The number of aromatic nitrogens is 2. The summed E-state index contributed by atoms with van der Waals surface area (Å²) >= 11 is 1.51. The van der Waals surface area contributed by atoms with Gasteiger partial charge in [-0.15, -0.1) is 11.3 Å². The lowest BCUT2D eigenvalue weighted by Crippen LogP contribution is -2.30. The van der Waals surface area contributed by atoms with Crippen LogP contribution >= 0.6 is 11.3 Å². The van der Waals surface area contributed by atoms with Crippen LogP contribution in [0.5, 0.6) is 5.75 Å². The Morgan fingerprint density at radius 2 is 1.94 bits per heavy atom. The molecule has 1 aliphatic rings. The lowest BCUT2D eigenvalue weighted by atomic mass is 9.99. The summed E-state index contributed by atoms with van der Waals surface area (Å²) in [6, 6.07) is 8.98. The summed E-state index contributed by atoms with van der Waals surface area (Å²) in [7, 11) is -3.20. The first-order valence-electron chi connectivity index (χ1n) is 10.3. The molecule has 0 spiro atoms. The molecule has 9 heteroatoms. The number of nitrogens with one attached hydrogen (secondary N) is 2. The van der Waals surface area contributed by atoms with E-state index < -0.39 is 9.84 Å². The molecule has 7 nitrogen and oxygen atoms in total. The molecule has 3 heterocycles. The number of ether oxygens (including phenoxy) is 1. The summed E-state index contributed by atoms with van der Waals surface area (Å²) in [5.74, 6) is 1.89. The molecule has 3 aromatic rings. The van der Waals surface area contributed by atoms with E-state index in [1.807, 2.05) is 29.8 Å². The monoisotopic (exact) mass is 458 g/mol. The van der Waals surface area contributed by atoms with Gasteiger partial charge in [0.1, 0.15) is 0 Å². The molecule has 164 valence electrons. The van der Waals surface area contributed by atoms with E-state index in [-0.39, 0.29) is 0 Å². The molecular formula is C22H26N4O3S2. The van der Waals surface area contributed by atoms with Gasteiger partial charge in [0.15, 0.2) is 26.5 Å². The van der Waals surface area contributed by atoms with Crippen molar-refractivity contribution < 1.29 is 13.2 Å². The Kier molecular flexibility index (Phi) is 6.84. The van der Waals surface area contributed by atoms with Gasteiger partial charge in [0.25, 0.3) is 0 Å². The van der Waals surface area contributed by atoms with Crippen molar-refractivity contribution in [2.45, 2.75) is 24.2 Å². The molecule has 1 fully saturated rings. The van der Waals surface area contributed by atoms with Gasteiger partial charge in [0.2, 0.25) is 0 Å². The van der Waals surface area contributed by atoms with Crippen LogP contribution < -0.4 is 15.4 Å². The first-order chi connectivity index (χ1) is 15.0. The fourth-order valence-corrected chi connectivity index (χ4v) is 4.68. The van der Waals surface area contributed by atoms with E-state index in [2.05, 4.69) is 20.6 Å². The predicted octanol–water partition coefficient (Wildman–Crippen LogP) is 3.65. The second-order valence-electron chi connectivity index (χ2n) is 7.75. The highest BCUT2D eigenvalue weighted by Crippen LogP contribution is 2.29. The van der Waals surface area contributed by atoms with Gasteiger partial charge < -0.3 is 15.4 Å². The molecule has 0 amide bonds. The third-order valence-electron chi connectivity index (χ3n) is 5.26. The summed E-state index contributed by atoms with van der Waals surface area (Å²) in [5, 5.41) is 9.30. The quantitative estimate of drug-likeness (QED) is 0.532. The lowest BCUT2D eigenvalue weighted by molar-refractivity contribution is 0.215. The Labute approximate surface area is 186 Å². The molecule has 1 aromatic carbocycles. The summed E-state index contributed by atoms with van der Waals surface area (Å²) in [5.41, 5.74) is 2.01. The lowest BCUT2D eigenvalue weighted by Gasteiger charge is -2.23. The third-order valence-corrected chi connectivity index (χ3v) is 7.08. The van der Waals surface area contributed by atoms with Gasteiger partial charge >= 0.3 is 0 Å². The van der Waals surface area contributed by atoms with E-state index >= 15 is 0 Å². The molecule has 2 aromatic heterocycles. The minimum Gasteiger partial charge on any atom is -0.489 e.